The molecule has 102 valence electrons. The molecule has 0 aromatic heterocycles. The maximum Gasteiger partial charge on any atom is 0.255 e. The quantitative estimate of drug-likeness (QED) is 0.821. The van der Waals surface area contributed by atoms with E-state index in [1.807, 2.05) is 12.1 Å². The van der Waals surface area contributed by atoms with Gasteiger partial charge in [0.25, 0.3) is 5.91 Å². The molecule has 3 N–H and O–H groups in total. The second-order valence-electron chi connectivity index (χ2n) is 4.40. The fourth-order valence-electron chi connectivity index (χ4n) is 1.99. The van der Waals surface area contributed by atoms with Crippen LogP contribution >= 0.6 is 0 Å². The van der Waals surface area contributed by atoms with Crippen molar-refractivity contribution in [2.24, 2.45) is 0 Å². The first-order valence-electron chi connectivity index (χ1n) is 6.29. The maximum atomic E-state index is 12.2. The Balaban J connectivity index is 1.82. The van der Waals surface area contributed by atoms with E-state index in [0.29, 0.717) is 41.7 Å². The molecule has 0 bridgehead atoms. The van der Waals surface area contributed by atoms with Crippen LogP contribution in [0, 0.1) is 0 Å². The lowest BCUT2D eigenvalue weighted by Gasteiger charge is -2.18. The lowest BCUT2D eigenvalue weighted by Crippen LogP contribution is -2.17. The van der Waals surface area contributed by atoms with Gasteiger partial charge in [0.2, 0.25) is 0 Å². The van der Waals surface area contributed by atoms with Gasteiger partial charge in [-0.05, 0) is 30.3 Å². The number of ether oxygens (including phenoxy) is 2. The zero-order valence-corrected chi connectivity index (χ0v) is 10.8. The number of amides is 1. The molecular weight excluding hydrogens is 256 g/mol. The summed E-state index contributed by atoms with van der Waals surface area (Å²) >= 11 is 0. The molecule has 1 aliphatic heterocycles. The fourth-order valence-corrected chi connectivity index (χ4v) is 1.99. The van der Waals surface area contributed by atoms with E-state index in [4.69, 9.17) is 15.2 Å². The van der Waals surface area contributed by atoms with Crippen LogP contribution in [0.2, 0.25) is 0 Å². The van der Waals surface area contributed by atoms with E-state index in [9.17, 15) is 4.79 Å². The van der Waals surface area contributed by atoms with Gasteiger partial charge in [-0.2, -0.15) is 0 Å². The van der Waals surface area contributed by atoms with Crippen LogP contribution in [0.5, 0.6) is 11.5 Å². The summed E-state index contributed by atoms with van der Waals surface area (Å²) in [4.78, 5) is 12.2. The molecule has 0 fully saturated rings. The number of nitrogen functional groups attached to an aromatic ring is 1. The molecule has 1 amide bonds. The minimum atomic E-state index is -0.236. The van der Waals surface area contributed by atoms with Crippen molar-refractivity contribution in [3.05, 3.63) is 48.0 Å². The number of fused-ring (bicyclic) bond motifs is 1. The second kappa shape index (κ2) is 5.13. The molecule has 1 heterocycles. The average molecular weight is 270 g/mol. The standard InChI is InChI=1S/C15H14N2O3/c16-11-3-1-2-4-12(11)17-15(18)10-5-6-13-14(9-10)20-8-7-19-13/h1-6,9H,7-8,16H2,(H,17,18). The van der Waals surface area contributed by atoms with Crippen LogP contribution < -0.4 is 20.5 Å². The highest BCUT2D eigenvalue weighted by molar-refractivity contribution is 6.06. The number of hydrogen-bond acceptors (Lipinski definition) is 4. The van der Waals surface area contributed by atoms with Crippen LogP contribution in [0.3, 0.4) is 0 Å². The number of anilines is 2. The van der Waals surface area contributed by atoms with Gasteiger partial charge < -0.3 is 20.5 Å². The van der Waals surface area contributed by atoms with Crippen molar-refractivity contribution in [1.82, 2.24) is 0 Å². The Hall–Kier alpha value is -2.69. The molecule has 2 aromatic rings. The molecule has 0 unspecified atom stereocenters. The van der Waals surface area contributed by atoms with Gasteiger partial charge in [0.1, 0.15) is 13.2 Å². The first kappa shape index (κ1) is 12.3. The van der Waals surface area contributed by atoms with E-state index in [2.05, 4.69) is 5.32 Å². The van der Waals surface area contributed by atoms with Gasteiger partial charge in [-0.3, -0.25) is 4.79 Å². The number of hydrogen-bond donors (Lipinski definition) is 2. The van der Waals surface area contributed by atoms with Gasteiger partial charge in [-0.1, -0.05) is 12.1 Å². The summed E-state index contributed by atoms with van der Waals surface area (Å²) in [6.45, 7) is 1.02. The number of carbonyl (C=O) groups is 1. The minimum Gasteiger partial charge on any atom is -0.486 e. The van der Waals surface area contributed by atoms with Crippen LogP contribution in [0.15, 0.2) is 42.5 Å². The highest BCUT2D eigenvalue weighted by Crippen LogP contribution is 2.31. The second-order valence-corrected chi connectivity index (χ2v) is 4.40. The number of carbonyl (C=O) groups excluding carboxylic acids is 1. The monoisotopic (exact) mass is 270 g/mol. The molecule has 1 aliphatic rings. The molecule has 0 saturated heterocycles. The molecule has 0 saturated carbocycles. The van der Waals surface area contributed by atoms with E-state index < -0.39 is 0 Å². The minimum absolute atomic E-state index is 0.236. The Bertz CT molecular complexity index is 655. The Morgan fingerprint density at radius 3 is 2.60 bits per heavy atom. The molecular formula is C15H14N2O3. The molecule has 0 spiro atoms. The van der Waals surface area contributed by atoms with Gasteiger partial charge in [-0.25, -0.2) is 0 Å². The predicted molar refractivity (Wildman–Crippen MR) is 76.2 cm³/mol. The molecule has 0 radical (unpaired) electrons. The Kier molecular flexibility index (Phi) is 3.16. The molecule has 2 aromatic carbocycles. The van der Waals surface area contributed by atoms with Crippen molar-refractivity contribution >= 4 is 17.3 Å². The van der Waals surface area contributed by atoms with E-state index in [1.165, 1.54) is 0 Å². The summed E-state index contributed by atoms with van der Waals surface area (Å²) in [5.41, 5.74) is 7.41. The van der Waals surface area contributed by atoms with Crippen molar-refractivity contribution in [2.45, 2.75) is 0 Å². The lowest BCUT2D eigenvalue weighted by atomic mass is 10.1. The number of nitrogens with two attached hydrogens (primary N) is 1. The summed E-state index contributed by atoms with van der Waals surface area (Å²) in [5.74, 6) is 1.01. The van der Waals surface area contributed by atoms with Crippen molar-refractivity contribution in [3.8, 4) is 11.5 Å². The van der Waals surface area contributed by atoms with Crippen LogP contribution in [-0.2, 0) is 0 Å². The van der Waals surface area contributed by atoms with Crippen molar-refractivity contribution in [2.75, 3.05) is 24.3 Å². The first-order chi connectivity index (χ1) is 9.74. The third-order valence-electron chi connectivity index (χ3n) is 3.01. The van der Waals surface area contributed by atoms with Gasteiger partial charge in [0, 0.05) is 5.56 Å². The third kappa shape index (κ3) is 2.38. The third-order valence-corrected chi connectivity index (χ3v) is 3.01. The summed E-state index contributed by atoms with van der Waals surface area (Å²) in [7, 11) is 0. The zero-order valence-electron chi connectivity index (χ0n) is 10.8. The lowest BCUT2D eigenvalue weighted by molar-refractivity contribution is 0.102. The highest BCUT2D eigenvalue weighted by Gasteiger charge is 2.15. The number of para-hydroxylation sites is 2. The number of nitrogens with one attached hydrogen (secondary N) is 1. The largest absolute Gasteiger partial charge is 0.486 e. The maximum absolute atomic E-state index is 12.2. The predicted octanol–water partition coefficient (Wildman–Crippen LogP) is 2.29. The molecule has 20 heavy (non-hydrogen) atoms. The fraction of sp³-hybridized carbons (Fsp3) is 0.133. The van der Waals surface area contributed by atoms with Crippen LogP contribution in [0.25, 0.3) is 0 Å². The van der Waals surface area contributed by atoms with Crippen LogP contribution in [0.4, 0.5) is 11.4 Å². The van der Waals surface area contributed by atoms with E-state index in [0.717, 1.165) is 0 Å². The SMILES string of the molecule is Nc1ccccc1NC(=O)c1ccc2c(c1)OCCO2. The average Bonchev–Trinajstić information content (AvgIpc) is 2.49. The van der Waals surface area contributed by atoms with Crippen LogP contribution in [0.1, 0.15) is 10.4 Å². The Labute approximate surface area is 116 Å². The summed E-state index contributed by atoms with van der Waals surface area (Å²) in [6.07, 6.45) is 0. The molecule has 0 atom stereocenters. The van der Waals surface area contributed by atoms with Gasteiger partial charge in [0.15, 0.2) is 11.5 Å². The molecule has 5 nitrogen and oxygen atoms in total. The Morgan fingerprint density at radius 2 is 1.80 bits per heavy atom. The van der Waals surface area contributed by atoms with E-state index in [1.54, 1.807) is 30.3 Å². The van der Waals surface area contributed by atoms with Crippen LogP contribution in [-0.4, -0.2) is 19.1 Å². The zero-order chi connectivity index (χ0) is 13.9. The molecule has 5 heteroatoms. The number of rotatable bonds is 2. The summed E-state index contributed by atoms with van der Waals surface area (Å²) in [5, 5.41) is 2.77. The van der Waals surface area contributed by atoms with Gasteiger partial charge in [-0.15, -0.1) is 0 Å². The molecule has 3 rings (SSSR count). The number of benzene rings is 2. The van der Waals surface area contributed by atoms with Crippen molar-refractivity contribution < 1.29 is 14.3 Å². The van der Waals surface area contributed by atoms with Crippen molar-refractivity contribution in [1.29, 1.82) is 0 Å². The summed E-state index contributed by atoms with van der Waals surface area (Å²) in [6, 6.07) is 12.2. The first-order valence-corrected chi connectivity index (χ1v) is 6.29. The van der Waals surface area contributed by atoms with Crippen molar-refractivity contribution in [3.63, 3.8) is 0 Å². The highest BCUT2D eigenvalue weighted by atomic mass is 16.6. The van der Waals surface area contributed by atoms with Gasteiger partial charge in [0.05, 0.1) is 11.4 Å². The normalized spacial score (nSPS) is 12.8. The summed E-state index contributed by atoms with van der Waals surface area (Å²) < 4.78 is 10.9. The smallest absolute Gasteiger partial charge is 0.255 e. The topological polar surface area (TPSA) is 73.6 Å². The van der Waals surface area contributed by atoms with Gasteiger partial charge >= 0.3 is 0 Å². The Morgan fingerprint density at radius 1 is 1.05 bits per heavy atom. The van der Waals surface area contributed by atoms with E-state index >= 15 is 0 Å². The van der Waals surface area contributed by atoms with E-state index in [-0.39, 0.29) is 5.91 Å². The molecule has 0 aliphatic carbocycles.